The first kappa shape index (κ1) is 34.0. The summed E-state index contributed by atoms with van der Waals surface area (Å²) in [4.78, 5) is 45.7. The van der Waals surface area contributed by atoms with Gasteiger partial charge in [0.05, 0.1) is 12.5 Å². The molecule has 0 aromatic heterocycles. The van der Waals surface area contributed by atoms with Crippen molar-refractivity contribution in [1.29, 1.82) is 0 Å². The van der Waals surface area contributed by atoms with E-state index in [4.69, 9.17) is 33.3 Å². The van der Waals surface area contributed by atoms with Crippen molar-refractivity contribution >= 4 is 46.7 Å². The van der Waals surface area contributed by atoms with E-state index in [9.17, 15) is 14.4 Å². The maximum Gasteiger partial charge on any atom is 0.305 e. The minimum absolute atomic E-state index is 0.129. The first-order valence-electron chi connectivity index (χ1n) is 15.6. The highest BCUT2D eigenvalue weighted by Crippen LogP contribution is 2.50. The van der Waals surface area contributed by atoms with Crippen LogP contribution in [0.2, 0.25) is 10.0 Å². The molecule has 2 aliphatic rings. The van der Waals surface area contributed by atoms with Crippen molar-refractivity contribution in [3.05, 3.63) is 69.2 Å². The molecule has 2 unspecified atom stereocenters. The zero-order chi connectivity index (χ0) is 32.4. The average Bonchev–Trinajstić information content (AvgIpc) is 3.19. The number of carbonyl (C=O) groups excluding carboxylic acids is 2. The summed E-state index contributed by atoms with van der Waals surface area (Å²) >= 11 is 12.7. The molecule has 2 atom stereocenters. The fourth-order valence-electron chi connectivity index (χ4n) is 6.63. The van der Waals surface area contributed by atoms with Crippen LogP contribution in [0.25, 0.3) is 0 Å². The number of nitrogens with one attached hydrogen (secondary N) is 1. The van der Waals surface area contributed by atoms with Crippen LogP contribution in [0.5, 0.6) is 0 Å². The van der Waals surface area contributed by atoms with E-state index in [0.29, 0.717) is 38.7 Å². The predicted molar refractivity (Wildman–Crippen MR) is 176 cm³/mol. The van der Waals surface area contributed by atoms with Gasteiger partial charge in [0.1, 0.15) is 11.4 Å². The van der Waals surface area contributed by atoms with Crippen molar-refractivity contribution in [3.8, 4) is 0 Å². The van der Waals surface area contributed by atoms with Crippen molar-refractivity contribution in [1.82, 2.24) is 10.2 Å². The minimum Gasteiger partial charge on any atom is -0.481 e. The molecule has 1 fully saturated rings. The van der Waals surface area contributed by atoms with Gasteiger partial charge >= 0.3 is 5.97 Å². The molecule has 2 amide bonds. The molecule has 0 bridgehead atoms. The SMILES string of the molecule is CC(C)CCC(c1ccc(C(=O)NC(C)CC(=O)O)cc1)N1C(=O)C(c2cc(Cl)cc(Cl)c2)=NC12CCC(C(C)(C)C)CC2. The second-order valence-electron chi connectivity index (χ2n) is 14.0. The molecule has 1 aliphatic carbocycles. The molecule has 9 heteroatoms. The third-order valence-electron chi connectivity index (χ3n) is 9.08. The first-order chi connectivity index (χ1) is 20.6. The number of carbonyl (C=O) groups is 3. The lowest BCUT2D eigenvalue weighted by atomic mass is 9.69. The number of aliphatic imine (C=N–C) groups is 1. The van der Waals surface area contributed by atoms with E-state index in [-0.39, 0.29) is 29.7 Å². The van der Waals surface area contributed by atoms with Crippen molar-refractivity contribution in [3.63, 3.8) is 0 Å². The number of benzene rings is 2. The Kier molecular flexibility index (Phi) is 10.5. The van der Waals surface area contributed by atoms with Gasteiger partial charge in [0.2, 0.25) is 0 Å². The third kappa shape index (κ3) is 7.84. The second-order valence-corrected chi connectivity index (χ2v) is 14.9. The summed E-state index contributed by atoms with van der Waals surface area (Å²) in [6, 6.07) is 11.7. The molecular formula is C35H45Cl2N3O4. The molecule has 0 radical (unpaired) electrons. The van der Waals surface area contributed by atoms with Crippen LogP contribution in [-0.4, -0.2) is 45.2 Å². The smallest absolute Gasteiger partial charge is 0.305 e. The van der Waals surface area contributed by atoms with Gasteiger partial charge < -0.3 is 15.3 Å². The molecule has 1 spiro atoms. The number of amides is 2. The number of aliphatic carboxylic acids is 1. The minimum atomic E-state index is -0.969. The molecule has 1 aliphatic heterocycles. The normalized spacial score (nSPS) is 21.8. The summed E-state index contributed by atoms with van der Waals surface area (Å²) in [6.07, 6.45) is 4.94. The van der Waals surface area contributed by atoms with Gasteiger partial charge in [-0.2, -0.15) is 0 Å². The Balaban J connectivity index is 1.73. The topological polar surface area (TPSA) is 99.1 Å². The lowest BCUT2D eigenvalue weighted by Crippen LogP contribution is -2.51. The number of hydrogen-bond acceptors (Lipinski definition) is 4. The van der Waals surface area contributed by atoms with Crippen molar-refractivity contribution in [2.75, 3.05) is 0 Å². The quantitative estimate of drug-likeness (QED) is 0.272. The molecule has 1 heterocycles. The molecule has 2 aromatic rings. The molecule has 4 rings (SSSR count). The maximum absolute atomic E-state index is 14.5. The number of carboxylic acids is 1. The molecule has 1 saturated carbocycles. The van der Waals surface area contributed by atoms with Crippen LogP contribution in [0.15, 0.2) is 47.5 Å². The summed E-state index contributed by atoms with van der Waals surface area (Å²) in [6.45, 7) is 12.9. The van der Waals surface area contributed by atoms with E-state index >= 15 is 0 Å². The zero-order valence-electron chi connectivity index (χ0n) is 26.6. The van der Waals surface area contributed by atoms with Crippen LogP contribution in [-0.2, 0) is 9.59 Å². The standard InChI is InChI=1S/C35H45Cl2N3O4/c1-21(2)7-12-29(23-8-10-24(11-9-23)32(43)38-22(3)17-30(41)42)40-33(44)31(25-18-27(36)20-28(37)19-25)39-35(40)15-13-26(14-16-35)34(4,5)6/h8-11,18-22,26,29H,7,12-17H2,1-6H3,(H,38,43)(H,41,42). The Hall–Kier alpha value is -2.90. The van der Waals surface area contributed by atoms with Gasteiger partial charge in [0, 0.05) is 27.2 Å². The molecule has 7 nitrogen and oxygen atoms in total. The van der Waals surface area contributed by atoms with Gasteiger partial charge in [-0.1, -0.05) is 70.0 Å². The molecule has 2 aromatic carbocycles. The number of hydrogen-bond donors (Lipinski definition) is 2. The van der Waals surface area contributed by atoms with Crippen LogP contribution in [0.4, 0.5) is 0 Å². The van der Waals surface area contributed by atoms with Gasteiger partial charge in [0.25, 0.3) is 11.8 Å². The Morgan fingerprint density at radius 1 is 1.02 bits per heavy atom. The Labute approximate surface area is 271 Å². The third-order valence-corrected chi connectivity index (χ3v) is 9.52. The number of rotatable bonds is 10. The Morgan fingerprint density at radius 2 is 1.61 bits per heavy atom. The summed E-state index contributed by atoms with van der Waals surface area (Å²) in [5, 5.41) is 12.7. The molecular weight excluding hydrogens is 597 g/mol. The fourth-order valence-corrected chi connectivity index (χ4v) is 7.16. The van der Waals surface area contributed by atoms with Gasteiger partial charge in [-0.05, 0) is 98.6 Å². The Bertz CT molecular complexity index is 1390. The van der Waals surface area contributed by atoms with Gasteiger partial charge in [-0.15, -0.1) is 0 Å². The lowest BCUT2D eigenvalue weighted by Gasteiger charge is -2.47. The van der Waals surface area contributed by atoms with Gasteiger partial charge in [-0.3, -0.25) is 19.4 Å². The van der Waals surface area contributed by atoms with Crippen LogP contribution in [0.3, 0.4) is 0 Å². The highest BCUT2D eigenvalue weighted by molar-refractivity contribution is 6.47. The zero-order valence-corrected chi connectivity index (χ0v) is 28.1. The number of nitrogens with zero attached hydrogens (tertiary/aromatic N) is 2. The second kappa shape index (κ2) is 13.6. The van der Waals surface area contributed by atoms with E-state index in [1.54, 1.807) is 37.3 Å². The fraction of sp³-hybridized carbons (Fsp3) is 0.543. The number of carboxylic acid groups (broad SMARTS) is 1. The molecule has 238 valence electrons. The summed E-state index contributed by atoms with van der Waals surface area (Å²) in [5.41, 5.74) is 1.86. The largest absolute Gasteiger partial charge is 0.481 e. The van der Waals surface area contributed by atoms with Crippen molar-refractivity contribution in [2.24, 2.45) is 22.2 Å². The Morgan fingerprint density at radius 3 is 2.14 bits per heavy atom. The van der Waals surface area contributed by atoms with E-state index in [1.165, 1.54) is 0 Å². The molecule has 2 N–H and O–H groups in total. The molecule has 44 heavy (non-hydrogen) atoms. The van der Waals surface area contributed by atoms with E-state index in [2.05, 4.69) is 39.9 Å². The highest BCUT2D eigenvalue weighted by atomic mass is 35.5. The van der Waals surface area contributed by atoms with Crippen LogP contribution in [0.1, 0.15) is 114 Å². The summed E-state index contributed by atoms with van der Waals surface area (Å²) in [7, 11) is 0. The van der Waals surface area contributed by atoms with Gasteiger partial charge in [0.15, 0.2) is 0 Å². The maximum atomic E-state index is 14.5. The van der Waals surface area contributed by atoms with Crippen molar-refractivity contribution in [2.45, 2.75) is 104 Å². The van der Waals surface area contributed by atoms with E-state index in [0.717, 1.165) is 44.1 Å². The predicted octanol–water partition coefficient (Wildman–Crippen LogP) is 8.33. The first-order valence-corrected chi connectivity index (χ1v) is 16.4. The van der Waals surface area contributed by atoms with Crippen LogP contribution in [0, 0.1) is 17.3 Å². The lowest BCUT2D eigenvalue weighted by molar-refractivity contribution is -0.137. The van der Waals surface area contributed by atoms with E-state index < -0.39 is 17.7 Å². The molecule has 0 saturated heterocycles. The highest BCUT2D eigenvalue weighted by Gasteiger charge is 2.52. The van der Waals surface area contributed by atoms with E-state index in [1.807, 2.05) is 17.0 Å². The van der Waals surface area contributed by atoms with Gasteiger partial charge in [-0.25, -0.2) is 0 Å². The summed E-state index contributed by atoms with van der Waals surface area (Å²) in [5.74, 6) is -0.475. The van der Waals surface area contributed by atoms with Crippen LogP contribution < -0.4 is 5.32 Å². The number of halogens is 2. The van der Waals surface area contributed by atoms with Crippen molar-refractivity contribution < 1.29 is 19.5 Å². The average molecular weight is 643 g/mol. The van der Waals surface area contributed by atoms with Crippen LogP contribution >= 0.6 is 23.2 Å². The monoisotopic (exact) mass is 641 g/mol. The summed E-state index contributed by atoms with van der Waals surface area (Å²) < 4.78 is 0.